The van der Waals surface area contributed by atoms with E-state index < -0.39 is 0 Å². The molecule has 0 atom stereocenters. The lowest BCUT2D eigenvalue weighted by Crippen LogP contribution is -2.24. The molecule has 0 aliphatic rings. The Bertz CT molecular complexity index is 886. The highest BCUT2D eigenvalue weighted by Crippen LogP contribution is 2.23. The van der Waals surface area contributed by atoms with Crippen LogP contribution >= 0.6 is 11.6 Å². The van der Waals surface area contributed by atoms with Crippen molar-refractivity contribution >= 4 is 29.0 Å². The molecule has 2 N–H and O–H groups in total. The molecule has 0 fully saturated rings. The Morgan fingerprint density at radius 1 is 1.20 bits per heavy atom. The fourth-order valence-electron chi connectivity index (χ4n) is 2.19. The average molecular weight is 354 g/mol. The zero-order valence-corrected chi connectivity index (χ0v) is 14.3. The standard InChI is InChI=1S/C18H16ClN5O/c1-12-4-5-14(19)7-15(12)24-17-8-16(22-11-23-17)18(25)21-10-13-3-2-6-20-9-13/h2-9,11H,10H2,1H3,(H,21,25)(H,22,23,24). The Labute approximate surface area is 150 Å². The molecule has 6 nitrogen and oxygen atoms in total. The van der Waals surface area contributed by atoms with E-state index in [1.807, 2.05) is 31.2 Å². The molecule has 0 aliphatic carbocycles. The third-order valence-electron chi connectivity index (χ3n) is 3.54. The molecule has 1 amide bonds. The molecule has 0 saturated carbocycles. The number of hydrogen-bond donors (Lipinski definition) is 2. The van der Waals surface area contributed by atoms with Gasteiger partial charge >= 0.3 is 0 Å². The van der Waals surface area contributed by atoms with Crippen molar-refractivity contribution in [2.45, 2.75) is 13.5 Å². The summed E-state index contributed by atoms with van der Waals surface area (Å²) in [7, 11) is 0. The summed E-state index contributed by atoms with van der Waals surface area (Å²) in [5, 5.41) is 6.59. The molecule has 0 bridgehead atoms. The predicted octanol–water partition coefficient (Wildman–Crippen LogP) is 3.51. The minimum absolute atomic E-state index is 0.279. The van der Waals surface area contributed by atoms with Crippen LogP contribution in [0, 0.1) is 6.92 Å². The van der Waals surface area contributed by atoms with E-state index in [4.69, 9.17) is 11.6 Å². The van der Waals surface area contributed by atoms with Crippen molar-refractivity contribution in [2.24, 2.45) is 0 Å². The number of benzene rings is 1. The normalized spacial score (nSPS) is 10.3. The van der Waals surface area contributed by atoms with Crippen LogP contribution in [0.1, 0.15) is 21.6 Å². The predicted molar refractivity (Wildman–Crippen MR) is 96.9 cm³/mol. The molecule has 0 radical (unpaired) electrons. The SMILES string of the molecule is Cc1ccc(Cl)cc1Nc1cc(C(=O)NCc2cccnc2)ncn1. The maximum Gasteiger partial charge on any atom is 0.270 e. The number of amides is 1. The van der Waals surface area contributed by atoms with Gasteiger partial charge < -0.3 is 10.6 Å². The van der Waals surface area contributed by atoms with Crippen molar-refractivity contribution < 1.29 is 4.79 Å². The second-order valence-corrected chi connectivity index (χ2v) is 5.85. The van der Waals surface area contributed by atoms with E-state index >= 15 is 0 Å². The summed E-state index contributed by atoms with van der Waals surface area (Å²) < 4.78 is 0. The number of aryl methyl sites for hydroxylation is 1. The lowest BCUT2D eigenvalue weighted by atomic mass is 10.2. The van der Waals surface area contributed by atoms with Crippen LogP contribution in [0.3, 0.4) is 0 Å². The van der Waals surface area contributed by atoms with Gasteiger partial charge in [0.25, 0.3) is 5.91 Å². The quantitative estimate of drug-likeness (QED) is 0.733. The summed E-state index contributed by atoms with van der Waals surface area (Å²) in [6.07, 6.45) is 4.74. The van der Waals surface area contributed by atoms with Gasteiger partial charge in [0.05, 0.1) is 0 Å². The van der Waals surface area contributed by atoms with Crippen LogP contribution in [0.2, 0.25) is 5.02 Å². The Hall–Kier alpha value is -2.99. The number of carbonyl (C=O) groups excluding carboxylic acids is 1. The summed E-state index contributed by atoms with van der Waals surface area (Å²) in [6.45, 7) is 2.34. The minimum atomic E-state index is -0.280. The number of nitrogens with one attached hydrogen (secondary N) is 2. The lowest BCUT2D eigenvalue weighted by Gasteiger charge is -2.10. The second-order valence-electron chi connectivity index (χ2n) is 5.42. The largest absolute Gasteiger partial charge is 0.347 e. The number of halogens is 1. The second kappa shape index (κ2) is 7.72. The van der Waals surface area contributed by atoms with Crippen molar-refractivity contribution in [1.29, 1.82) is 0 Å². The van der Waals surface area contributed by atoms with Gasteiger partial charge in [0, 0.05) is 35.7 Å². The summed E-state index contributed by atoms with van der Waals surface area (Å²) in [5.74, 6) is 0.240. The Morgan fingerprint density at radius 2 is 2.08 bits per heavy atom. The van der Waals surface area contributed by atoms with Crippen LogP contribution in [0.25, 0.3) is 0 Å². The molecule has 126 valence electrons. The van der Waals surface area contributed by atoms with Crippen LogP contribution in [-0.2, 0) is 6.54 Å². The van der Waals surface area contributed by atoms with Crippen molar-refractivity contribution in [2.75, 3.05) is 5.32 Å². The molecule has 2 aromatic heterocycles. The van der Waals surface area contributed by atoms with Crippen molar-refractivity contribution in [3.63, 3.8) is 0 Å². The summed E-state index contributed by atoms with van der Waals surface area (Å²) >= 11 is 6.02. The van der Waals surface area contributed by atoms with E-state index in [0.29, 0.717) is 17.4 Å². The van der Waals surface area contributed by atoms with Crippen LogP contribution in [0.15, 0.2) is 55.1 Å². The van der Waals surface area contributed by atoms with Gasteiger partial charge in [-0.3, -0.25) is 9.78 Å². The molecular formula is C18H16ClN5O. The van der Waals surface area contributed by atoms with Crippen LogP contribution in [-0.4, -0.2) is 20.9 Å². The monoisotopic (exact) mass is 353 g/mol. The molecule has 0 unspecified atom stereocenters. The molecule has 0 saturated heterocycles. The molecule has 0 spiro atoms. The van der Waals surface area contributed by atoms with Gasteiger partial charge in [-0.1, -0.05) is 23.7 Å². The van der Waals surface area contributed by atoms with Gasteiger partial charge in [0.1, 0.15) is 17.8 Å². The van der Waals surface area contributed by atoms with E-state index in [-0.39, 0.29) is 11.6 Å². The van der Waals surface area contributed by atoms with E-state index in [1.54, 1.807) is 24.5 Å². The minimum Gasteiger partial charge on any atom is -0.347 e. The molecular weight excluding hydrogens is 338 g/mol. The summed E-state index contributed by atoms with van der Waals surface area (Å²) in [5.41, 5.74) is 3.04. The Morgan fingerprint density at radius 3 is 2.88 bits per heavy atom. The van der Waals surface area contributed by atoms with Gasteiger partial charge in [-0.25, -0.2) is 9.97 Å². The van der Waals surface area contributed by atoms with Gasteiger partial charge in [0.15, 0.2) is 0 Å². The highest BCUT2D eigenvalue weighted by atomic mass is 35.5. The van der Waals surface area contributed by atoms with E-state index in [9.17, 15) is 4.79 Å². The number of nitrogens with zero attached hydrogens (tertiary/aromatic N) is 3. The van der Waals surface area contributed by atoms with E-state index in [2.05, 4.69) is 25.6 Å². The zero-order chi connectivity index (χ0) is 17.6. The molecule has 0 aliphatic heterocycles. The first kappa shape index (κ1) is 16.9. The number of hydrogen-bond acceptors (Lipinski definition) is 5. The van der Waals surface area contributed by atoms with Gasteiger partial charge in [-0.15, -0.1) is 0 Å². The molecule has 3 aromatic rings. The van der Waals surface area contributed by atoms with Gasteiger partial charge in [0.2, 0.25) is 0 Å². The number of pyridine rings is 1. The molecule has 1 aromatic carbocycles. The maximum absolute atomic E-state index is 12.3. The Kier molecular flexibility index (Phi) is 5.20. The van der Waals surface area contributed by atoms with Crippen molar-refractivity contribution in [3.8, 4) is 0 Å². The third-order valence-corrected chi connectivity index (χ3v) is 3.77. The highest BCUT2D eigenvalue weighted by molar-refractivity contribution is 6.30. The molecule has 7 heteroatoms. The average Bonchev–Trinajstić information content (AvgIpc) is 2.64. The van der Waals surface area contributed by atoms with Crippen LogP contribution in [0.4, 0.5) is 11.5 Å². The Balaban J connectivity index is 1.70. The number of anilines is 2. The highest BCUT2D eigenvalue weighted by Gasteiger charge is 2.09. The molecule has 3 rings (SSSR count). The third kappa shape index (κ3) is 4.51. The van der Waals surface area contributed by atoms with Crippen LogP contribution in [0.5, 0.6) is 0 Å². The van der Waals surface area contributed by atoms with Crippen molar-refractivity contribution in [3.05, 3.63) is 77.0 Å². The fraction of sp³-hybridized carbons (Fsp3) is 0.111. The summed E-state index contributed by atoms with van der Waals surface area (Å²) in [4.78, 5) is 24.5. The van der Waals surface area contributed by atoms with E-state index in [1.165, 1.54) is 6.33 Å². The summed E-state index contributed by atoms with van der Waals surface area (Å²) in [6, 6.07) is 10.8. The number of rotatable bonds is 5. The first-order chi connectivity index (χ1) is 12.1. The van der Waals surface area contributed by atoms with Gasteiger partial charge in [-0.05, 0) is 36.2 Å². The van der Waals surface area contributed by atoms with E-state index in [0.717, 1.165) is 16.8 Å². The van der Waals surface area contributed by atoms with Crippen molar-refractivity contribution in [1.82, 2.24) is 20.3 Å². The zero-order valence-electron chi connectivity index (χ0n) is 13.5. The first-order valence-electron chi connectivity index (χ1n) is 7.64. The maximum atomic E-state index is 12.3. The first-order valence-corrected chi connectivity index (χ1v) is 8.02. The van der Waals surface area contributed by atoms with Crippen LogP contribution < -0.4 is 10.6 Å². The smallest absolute Gasteiger partial charge is 0.270 e. The lowest BCUT2D eigenvalue weighted by molar-refractivity contribution is 0.0946. The number of carbonyl (C=O) groups is 1. The van der Waals surface area contributed by atoms with Gasteiger partial charge in [-0.2, -0.15) is 0 Å². The molecule has 2 heterocycles. The topological polar surface area (TPSA) is 79.8 Å². The fourth-order valence-corrected chi connectivity index (χ4v) is 2.36. The number of aromatic nitrogens is 3. The molecule has 25 heavy (non-hydrogen) atoms.